The van der Waals surface area contributed by atoms with E-state index in [1.807, 2.05) is 0 Å². The Morgan fingerprint density at radius 3 is 0.606 bits per heavy atom. The zero-order chi connectivity index (χ0) is 45.0. The van der Waals surface area contributed by atoms with Gasteiger partial charge in [0.15, 0.2) is 0 Å². The molecule has 10 rings (SSSR count). The summed E-state index contributed by atoms with van der Waals surface area (Å²) in [7, 11) is 0. The minimum atomic E-state index is 1.09. The van der Waals surface area contributed by atoms with Crippen LogP contribution in [0.15, 0.2) is 243 Å². The van der Waals surface area contributed by atoms with Crippen molar-refractivity contribution in [2.45, 2.75) is 27.7 Å². The number of benzene rings is 10. The summed E-state index contributed by atoms with van der Waals surface area (Å²) in [6.07, 6.45) is 0. The maximum absolute atomic E-state index is 2.35. The topological polar surface area (TPSA) is 6.48 Å². The van der Waals surface area contributed by atoms with Gasteiger partial charge in [0.05, 0.1) is 0 Å². The smallest absolute Gasteiger partial charge is 0.0462 e. The fourth-order valence-corrected chi connectivity index (χ4v) is 9.46. The molecule has 0 saturated carbocycles. The number of aryl methyl sites for hydroxylation is 4. The Morgan fingerprint density at radius 1 is 0.182 bits per heavy atom. The maximum atomic E-state index is 2.35. The zero-order valence-corrected chi connectivity index (χ0v) is 38.0. The fraction of sp³-hybridized carbons (Fsp3) is 0.0625. The Hall–Kier alpha value is -8.20. The Balaban J connectivity index is 0.973. The van der Waals surface area contributed by atoms with Crippen LogP contribution in [0.1, 0.15) is 22.3 Å². The highest BCUT2D eigenvalue weighted by atomic mass is 15.1. The van der Waals surface area contributed by atoms with Gasteiger partial charge >= 0.3 is 0 Å². The first kappa shape index (κ1) is 41.8. The van der Waals surface area contributed by atoms with Crippen LogP contribution in [-0.2, 0) is 0 Å². The number of anilines is 6. The van der Waals surface area contributed by atoms with Crippen molar-refractivity contribution < 1.29 is 0 Å². The molecule has 0 heterocycles. The molecule has 0 radical (unpaired) electrons. The van der Waals surface area contributed by atoms with Gasteiger partial charge in [-0.05, 0) is 178 Å². The van der Waals surface area contributed by atoms with Gasteiger partial charge in [-0.1, -0.05) is 170 Å². The molecular formula is C64H52N2. The number of hydrogen-bond donors (Lipinski definition) is 0. The summed E-state index contributed by atoms with van der Waals surface area (Å²) in [4.78, 5) is 4.70. The van der Waals surface area contributed by atoms with Crippen LogP contribution in [0.25, 0.3) is 55.6 Å². The van der Waals surface area contributed by atoms with Gasteiger partial charge in [-0.25, -0.2) is 0 Å². The lowest BCUT2D eigenvalue weighted by Gasteiger charge is -2.27. The van der Waals surface area contributed by atoms with E-state index in [-0.39, 0.29) is 0 Å². The van der Waals surface area contributed by atoms with Crippen LogP contribution in [0.2, 0.25) is 0 Å². The Labute approximate surface area is 390 Å². The third-order valence-electron chi connectivity index (χ3n) is 12.8. The molecule has 0 bridgehead atoms. The highest BCUT2D eigenvalue weighted by molar-refractivity contribution is 5.84. The predicted molar refractivity (Wildman–Crippen MR) is 282 cm³/mol. The van der Waals surface area contributed by atoms with Crippen LogP contribution < -0.4 is 9.80 Å². The van der Waals surface area contributed by atoms with Gasteiger partial charge in [-0.3, -0.25) is 0 Å². The van der Waals surface area contributed by atoms with Crippen molar-refractivity contribution in [3.05, 3.63) is 265 Å². The normalized spacial score (nSPS) is 11.0. The molecule has 0 aromatic heterocycles. The van der Waals surface area contributed by atoms with Crippen LogP contribution in [-0.4, -0.2) is 0 Å². The molecule has 2 heteroatoms. The SMILES string of the molecule is Cc1cccc(C)c1-c1ccc(N(c2ccc(-c3ccccc3)cc2)c2ccc(-c3ccc(N(c4ccc(-c5ccccc5)cc4)c4ccc(-c5c(C)cccc5C)cc4)cc3)cc2)cc1. The molecule has 10 aromatic rings. The molecule has 2 nitrogen and oxygen atoms in total. The van der Waals surface area contributed by atoms with Crippen LogP contribution in [0.3, 0.4) is 0 Å². The third kappa shape index (κ3) is 8.57. The molecule has 0 spiro atoms. The number of hydrogen-bond acceptors (Lipinski definition) is 2. The second kappa shape index (κ2) is 18.5. The predicted octanol–water partition coefficient (Wildman–Crippen LogP) is 18.2. The Bertz CT molecular complexity index is 2940. The van der Waals surface area contributed by atoms with Gasteiger partial charge in [0, 0.05) is 34.1 Å². The van der Waals surface area contributed by atoms with Crippen molar-refractivity contribution in [1.29, 1.82) is 0 Å². The van der Waals surface area contributed by atoms with Crippen LogP contribution in [0, 0.1) is 27.7 Å². The molecule has 0 amide bonds. The lowest BCUT2D eigenvalue weighted by atomic mass is 9.95. The Kier molecular flexibility index (Phi) is 11.7. The van der Waals surface area contributed by atoms with E-state index < -0.39 is 0 Å². The number of rotatable bonds is 11. The van der Waals surface area contributed by atoms with Crippen molar-refractivity contribution in [3.8, 4) is 55.6 Å². The quantitative estimate of drug-likeness (QED) is 0.128. The molecule has 0 saturated heterocycles. The first-order chi connectivity index (χ1) is 32.4. The van der Waals surface area contributed by atoms with E-state index in [0.717, 1.165) is 45.3 Å². The molecule has 0 aliphatic rings. The summed E-state index contributed by atoms with van der Waals surface area (Å²) in [5, 5.41) is 0. The van der Waals surface area contributed by atoms with Crippen LogP contribution >= 0.6 is 0 Å². The van der Waals surface area contributed by atoms with E-state index in [1.165, 1.54) is 66.8 Å². The Morgan fingerprint density at radius 2 is 0.379 bits per heavy atom. The van der Waals surface area contributed by atoms with Gasteiger partial charge in [-0.15, -0.1) is 0 Å². The van der Waals surface area contributed by atoms with Crippen molar-refractivity contribution >= 4 is 34.1 Å². The summed E-state index contributed by atoms with van der Waals surface area (Å²) in [6.45, 7) is 8.77. The minimum Gasteiger partial charge on any atom is -0.311 e. The average molecular weight is 849 g/mol. The minimum absolute atomic E-state index is 1.09. The van der Waals surface area contributed by atoms with Gasteiger partial charge < -0.3 is 9.80 Å². The maximum Gasteiger partial charge on any atom is 0.0462 e. The second-order valence-corrected chi connectivity index (χ2v) is 17.2. The molecular weight excluding hydrogens is 797 g/mol. The fourth-order valence-electron chi connectivity index (χ4n) is 9.46. The van der Waals surface area contributed by atoms with Gasteiger partial charge in [0.25, 0.3) is 0 Å². The number of nitrogens with zero attached hydrogens (tertiary/aromatic N) is 2. The molecule has 0 N–H and O–H groups in total. The lowest BCUT2D eigenvalue weighted by Crippen LogP contribution is -2.10. The van der Waals surface area contributed by atoms with Crippen LogP contribution in [0.5, 0.6) is 0 Å². The summed E-state index contributed by atoms with van der Waals surface area (Å²) in [6, 6.07) is 87.9. The van der Waals surface area contributed by atoms with E-state index in [9.17, 15) is 0 Å². The first-order valence-electron chi connectivity index (χ1n) is 22.8. The van der Waals surface area contributed by atoms with E-state index in [0.29, 0.717) is 0 Å². The van der Waals surface area contributed by atoms with Gasteiger partial charge in [0.2, 0.25) is 0 Å². The standard InChI is InChI=1S/C64H52N2/c1-45-13-11-14-46(2)63(45)55-29-41-61(42-30-55)65(57-33-21-51(22-34-57)49-17-7-5-8-18-49)59-37-25-53(26-38-59)54-27-39-60(40-28-54)66(58-35-23-52(24-36-58)50-19-9-6-10-20-50)62-43-31-56(32-44-62)64-47(3)15-12-16-48(64)4/h5-44H,1-4H3. The van der Waals surface area contributed by atoms with E-state index in [2.05, 4.69) is 280 Å². The molecule has 0 aliphatic heterocycles. The van der Waals surface area contributed by atoms with E-state index >= 15 is 0 Å². The lowest BCUT2D eigenvalue weighted by molar-refractivity contribution is 1.28. The van der Waals surface area contributed by atoms with Crippen molar-refractivity contribution in [1.82, 2.24) is 0 Å². The highest BCUT2D eigenvalue weighted by Gasteiger charge is 2.17. The van der Waals surface area contributed by atoms with Crippen molar-refractivity contribution in [2.75, 3.05) is 9.80 Å². The summed E-state index contributed by atoms with van der Waals surface area (Å²) in [5.41, 5.74) is 23.9. The van der Waals surface area contributed by atoms with Crippen LogP contribution in [0.4, 0.5) is 34.1 Å². The van der Waals surface area contributed by atoms with Gasteiger partial charge in [-0.2, -0.15) is 0 Å². The monoisotopic (exact) mass is 848 g/mol. The molecule has 0 atom stereocenters. The second-order valence-electron chi connectivity index (χ2n) is 17.2. The van der Waals surface area contributed by atoms with Gasteiger partial charge in [0.1, 0.15) is 0 Å². The highest BCUT2D eigenvalue weighted by Crippen LogP contribution is 2.41. The molecule has 0 unspecified atom stereocenters. The third-order valence-corrected chi connectivity index (χ3v) is 12.8. The summed E-state index contributed by atoms with van der Waals surface area (Å²) in [5.74, 6) is 0. The molecule has 10 aromatic carbocycles. The van der Waals surface area contributed by atoms with Crippen molar-refractivity contribution in [3.63, 3.8) is 0 Å². The largest absolute Gasteiger partial charge is 0.311 e. The molecule has 0 aliphatic carbocycles. The molecule has 66 heavy (non-hydrogen) atoms. The zero-order valence-electron chi connectivity index (χ0n) is 38.0. The summed E-state index contributed by atoms with van der Waals surface area (Å²) >= 11 is 0. The van der Waals surface area contributed by atoms with Crippen molar-refractivity contribution in [2.24, 2.45) is 0 Å². The first-order valence-corrected chi connectivity index (χ1v) is 22.8. The average Bonchev–Trinajstić information content (AvgIpc) is 3.36. The molecule has 318 valence electrons. The molecule has 0 fully saturated rings. The van der Waals surface area contributed by atoms with E-state index in [1.54, 1.807) is 0 Å². The van der Waals surface area contributed by atoms with E-state index in [4.69, 9.17) is 0 Å². The summed E-state index contributed by atoms with van der Waals surface area (Å²) < 4.78 is 0.